The van der Waals surface area contributed by atoms with E-state index in [4.69, 9.17) is 9.84 Å². The highest BCUT2D eigenvalue weighted by Crippen LogP contribution is 2.02. The molecule has 0 spiro atoms. The summed E-state index contributed by atoms with van der Waals surface area (Å²) >= 11 is 0. The molecule has 0 fully saturated rings. The van der Waals surface area contributed by atoms with E-state index < -0.39 is 11.9 Å². The molecule has 5 nitrogen and oxygen atoms in total. The van der Waals surface area contributed by atoms with Gasteiger partial charge >= 0.3 is 11.9 Å². The molecule has 6 heteroatoms. The van der Waals surface area contributed by atoms with Gasteiger partial charge < -0.3 is 14.7 Å². The summed E-state index contributed by atoms with van der Waals surface area (Å²) in [6.45, 7) is 2.30. The molecule has 0 heterocycles. The number of esters is 1. The predicted molar refractivity (Wildman–Crippen MR) is 62.5 cm³/mol. The van der Waals surface area contributed by atoms with Gasteiger partial charge in [0.05, 0.1) is 12.7 Å². The highest BCUT2D eigenvalue weighted by molar-refractivity contribution is 5.95. The molecule has 0 saturated heterocycles. The van der Waals surface area contributed by atoms with Gasteiger partial charge in [-0.25, -0.2) is 9.59 Å². The molecule has 1 N–H and O–H groups in total. The van der Waals surface area contributed by atoms with Gasteiger partial charge in [0.15, 0.2) is 0 Å². The number of nitrogens with zero attached hydrogens (tertiary/aromatic N) is 1. The first-order valence-electron chi connectivity index (χ1n) is 4.78. The van der Waals surface area contributed by atoms with Gasteiger partial charge in [0, 0.05) is 14.1 Å². The molecule has 16 heavy (non-hydrogen) atoms. The summed E-state index contributed by atoms with van der Waals surface area (Å²) in [6, 6.07) is 0. The normalized spacial score (nSPS) is 10.3. The van der Waals surface area contributed by atoms with Crippen LogP contribution in [-0.2, 0) is 14.3 Å². The maximum atomic E-state index is 11.4. The van der Waals surface area contributed by atoms with Crippen molar-refractivity contribution in [2.45, 2.75) is 19.8 Å². The minimum absolute atomic E-state index is 0. The standard InChI is InChI=1S/C10H17NO4.ClH/c1-4-5-6-15-10(14)8(11(2)3)7-9(12)13;/h7H,4-6H2,1-3H3,(H,12,13);1H/b8-7-;. The largest absolute Gasteiger partial charge is 0.478 e. The van der Waals surface area contributed by atoms with Crippen molar-refractivity contribution < 1.29 is 19.4 Å². The third kappa shape index (κ3) is 7.11. The molecule has 0 aromatic heterocycles. The van der Waals surface area contributed by atoms with Crippen molar-refractivity contribution in [3.63, 3.8) is 0 Å². The minimum atomic E-state index is -1.16. The Hall–Kier alpha value is -1.23. The van der Waals surface area contributed by atoms with E-state index in [1.54, 1.807) is 14.1 Å². The van der Waals surface area contributed by atoms with Gasteiger partial charge in [0.2, 0.25) is 0 Å². The molecule has 94 valence electrons. The lowest BCUT2D eigenvalue weighted by Crippen LogP contribution is -2.22. The Balaban J connectivity index is 0. The molecule has 0 aromatic carbocycles. The predicted octanol–water partition coefficient (Wildman–Crippen LogP) is 1.28. The molecule has 0 aliphatic heterocycles. The van der Waals surface area contributed by atoms with Crippen LogP contribution in [0.1, 0.15) is 19.8 Å². The van der Waals surface area contributed by atoms with Gasteiger partial charge in [-0.2, -0.15) is 0 Å². The fourth-order valence-corrected chi connectivity index (χ4v) is 0.871. The van der Waals surface area contributed by atoms with Crippen LogP contribution in [0.2, 0.25) is 0 Å². The van der Waals surface area contributed by atoms with Crippen LogP contribution in [0.5, 0.6) is 0 Å². The zero-order chi connectivity index (χ0) is 11.8. The van der Waals surface area contributed by atoms with Crippen molar-refractivity contribution in [3.8, 4) is 0 Å². The summed E-state index contributed by atoms with van der Waals surface area (Å²) in [4.78, 5) is 23.3. The van der Waals surface area contributed by atoms with Crippen LogP contribution in [0.4, 0.5) is 0 Å². The summed E-state index contributed by atoms with van der Waals surface area (Å²) < 4.78 is 4.89. The summed E-state index contributed by atoms with van der Waals surface area (Å²) in [7, 11) is 3.19. The van der Waals surface area contributed by atoms with Crippen LogP contribution in [0.3, 0.4) is 0 Å². The number of halogens is 1. The summed E-state index contributed by atoms with van der Waals surface area (Å²) in [5, 5.41) is 8.54. The van der Waals surface area contributed by atoms with E-state index in [0.717, 1.165) is 18.9 Å². The van der Waals surface area contributed by atoms with E-state index >= 15 is 0 Å². The molecule has 0 unspecified atom stereocenters. The highest BCUT2D eigenvalue weighted by atomic mass is 35.5. The molecule has 0 bridgehead atoms. The monoisotopic (exact) mass is 251 g/mol. The van der Waals surface area contributed by atoms with E-state index in [0.29, 0.717) is 6.61 Å². The quantitative estimate of drug-likeness (QED) is 0.438. The van der Waals surface area contributed by atoms with E-state index in [1.807, 2.05) is 6.92 Å². The SMILES string of the molecule is CCCCOC(=O)/C(=C/C(=O)O)N(C)C.Cl. The molecule has 0 rings (SSSR count). The molecule has 0 radical (unpaired) electrons. The number of aliphatic carboxylic acids is 1. The number of hydrogen-bond donors (Lipinski definition) is 1. The van der Waals surface area contributed by atoms with Crippen molar-refractivity contribution >= 4 is 24.3 Å². The van der Waals surface area contributed by atoms with Crippen molar-refractivity contribution in [1.82, 2.24) is 4.90 Å². The van der Waals surface area contributed by atoms with Crippen LogP contribution in [0.25, 0.3) is 0 Å². The van der Waals surface area contributed by atoms with Gasteiger partial charge in [-0.05, 0) is 6.42 Å². The van der Waals surface area contributed by atoms with E-state index in [9.17, 15) is 9.59 Å². The van der Waals surface area contributed by atoms with Gasteiger partial charge in [-0.3, -0.25) is 0 Å². The maximum Gasteiger partial charge on any atom is 0.354 e. The zero-order valence-electron chi connectivity index (χ0n) is 9.73. The van der Waals surface area contributed by atoms with Crippen LogP contribution in [-0.4, -0.2) is 42.6 Å². The molecular formula is C10H18ClNO4. The minimum Gasteiger partial charge on any atom is -0.478 e. The number of rotatable bonds is 6. The average molecular weight is 252 g/mol. The Morgan fingerprint density at radius 1 is 1.38 bits per heavy atom. The first-order chi connectivity index (χ1) is 6.99. The topological polar surface area (TPSA) is 66.8 Å². The highest BCUT2D eigenvalue weighted by Gasteiger charge is 2.14. The fourth-order valence-electron chi connectivity index (χ4n) is 0.871. The number of unbranched alkanes of at least 4 members (excludes halogenated alkanes) is 1. The number of likely N-dealkylation sites (N-methyl/N-ethyl adjacent to an activating group) is 1. The molecule has 0 atom stereocenters. The third-order valence-electron chi connectivity index (χ3n) is 1.68. The number of carboxylic acid groups (broad SMARTS) is 1. The van der Waals surface area contributed by atoms with Crippen LogP contribution in [0.15, 0.2) is 11.8 Å². The van der Waals surface area contributed by atoms with Crippen LogP contribution < -0.4 is 0 Å². The molecule has 0 aliphatic rings. The Morgan fingerprint density at radius 3 is 2.31 bits per heavy atom. The second-order valence-electron chi connectivity index (χ2n) is 3.25. The first kappa shape index (κ1) is 17.2. The first-order valence-corrected chi connectivity index (χ1v) is 4.78. The lowest BCUT2D eigenvalue weighted by Gasteiger charge is -2.15. The average Bonchev–Trinajstić information content (AvgIpc) is 2.13. The molecule has 0 aromatic rings. The Kier molecular flexibility index (Phi) is 9.69. The van der Waals surface area contributed by atoms with E-state index in [1.165, 1.54) is 4.90 Å². The number of hydrogen-bond acceptors (Lipinski definition) is 4. The van der Waals surface area contributed by atoms with E-state index in [2.05, 4.69) is 0 Å². The van der Waals surface area contributed by atoms with Gasteiger partial charge in [0.25, 0.3) is 0 Å². The number of ether oxygens (including phenoxy) is 1. The number of carboxylic acids is 1. The zero-order valence-corrected chi connectivity index (χ0v) is 10.5. The van der Waals surface area contributed by atoms with E-state index in [-0.39, 0.29) is 18.1 Å². The van der Waals surface area contributed by atoms with Crippen molar-refractivity contribution in [2.24, 2.45) is 0 Å². The van der Waals surface area contributed by atoms with Gasteiger partial charge in [-0.1, -0.05) is 13.3 Å². The van der Waals surface area contributed by atoms with Crippen molar-refractivity contribution in [1.29, 1.82) is 0 Å². The second-order valence-corrected chi connectivity index (χ2v) is 3.25. The third-order valence-corrected chi connectivity index (χ3v) is 1.68. The van der Waals surface area contributed by atoms with Crippen LogP contribution >= 0.6 is 12.4 Å². The maximum absolute atomic E-state index is 11.4. The van der Waals surface area contributed by atoms with Crippen LogP contribution in [0, 0.1) is 0 Å². The fraction of sp³-hybridized carbons (Fsp3) is 0.600. The lowest BCUT2D eigenvalue weighted by atomic mass is 10.3. The number of carbonyl (C=O) groups is 2. The van der Waals surface area contributed by atoms with Gasteiger partial charge in [-0.15, -0.1) is 12.4 Å². The number of carbonyl (C=O) groups excluding carboxylic acids is 1. The summed E-state index contributed by atoms with van der Waals surface area (Å²) in [5.41, 5.74) is 0.0404. The summed E-state index contributed by atoms with van der Waals surface area (Å²) in [6.07, 6.45) is 2.54. The van der Waals surface area contributed by atoms with Gasteiger partial charge in [0.1, 0.15) is 5.70 Å². The van der Waals surface area contributed by atoms with Crippen molar-refractivity contribution in [3.05, 3.63) is 11.8 Å². The second kappa shape index (κ2) is 9.03. The summed E-state index contributed by atoms with van der Waals surface area (Å²) in [5.74, 6) is -1.76. The smallest absolute Gasteiger partial charge is 0.354 e. The lowest BCUT2D eigenvalue weighted by molar-refractivity contribution is -0.141. The Labute approximate surface area is 101 Å². The Bertz CT molecular complexity index is 264. The van der Waals surface area contributed by atoms with Crippen molar-refractivity contribution in [2.75, 3.05) is 20.7 Å². The molecule has 0 amide bonds. The molecule has 0 saturated carbocycles. The molecule has 0 aliphatic carbocycles. The Morgan fingerprint density at radius 2 is 1.94 bits per heavy atom. The molecular weight excluding hydrogens is 234 g/mol.